The first-order valence-corrected chi connectivity index (χ1v) is 17.3. The Bertz CT molecular complexity index is 1210. The lowest BCUT2D eigenvalue weighted by Crippen LogP contribution is -2.33. The van der Waals surface area contributed by atoms with E-state index in [1.807, 2.05) is 27.7 Å². The number of nitrogens with one attached hydrogen (secondary N) is 1. The zero-order valence-corrected chi connectivity index (χ0v) is 31.2. The molecule has 3 aromatic rings. The van der Waals surface area contributed by atoms with E-state index in [1.54, 1.807) is 0 Å². The van der Waals surface area contributed by atoms with Crippen molar-refractivity contribution in [2.45, 2.75) is 120 Å². The van der Waals surface area contributed by atoms with Gasteiger partial charge in [-0.2, -0.15) is 0 Å². The number of aryl methyl sites for hydroxylation is 3. The van der Waals surface area contributed by atoms with Crippen LogP contribution in [-0.4, -0.2) is 35.8 Å². The van der Waals surface area contributed by atoms with Crippen molar-refractivity contribution < 1.29 is 0 Å². The lowest BCUT2D eigenvalue weighted by molar-refractivity contribution is 0.209. The van der Waals surface area contributed by atoms with Crippen LogP contribution in [0.1, 0.15) is 122 Å². The Kier molecular flexibility index (Phi) is 21.6. The summed E-state index contributed by atoms with van der Waals surface area (Å²) >= 11 is 0. The summed E-state index contributed by atoms with van der Waals surface area (Å²) in [7, 11) is 0. The smallest absolute Gasteiger partial charge is 0.0662 e. The van der Waals surface area contributed by atoms with Crippen LogP contribution in [0.15, 0.2) is 84.9 Å². The Balaban J connectivity index is 0.000000744. The molecule has 3 nitrogen and oxygen atoms in total. The van der Waals surface area contributed by atoms with Crippen LogP contribution < -0.4 is 5.32 Å². The van der Waals surface area contributed by atoms with Crippen LogP contribution in [0.2, 0.25) is 0 Å². The zero-order chi connectivity index (χ0) is 34.4. The SMILES string of the molecule is C=C.CC.CC.CC(=Nc1ccc(C)cc1C)c1ccc(C)cc1.CCCCN1CCC(c2cccc(NC(C)(C)C)c2)CC1. The van der Waals surface area contributed by atoms with E-state index < -0.39 is 0 Å². The third-order valence-corrected chi connectivity index (χ3v) is 7.40. The van der Waals surface area contributed by atoms with Crippen molar-refractivity contribution in [3.05, 3.63) is 108 Å². The number of anilines is 1. The number of aliphatic imine (C=N–C) groups is 1. The molecule has 0 bridgehead atoms. The average Bonchev–Trinajstić information content (AvgIpc) is 3.04. The van der Waals surface area contributed by atoms with E-state index in [4.69, 9.17) is 4.99 Å². The third-order valence-electron chi connectivity index (χ3n) is 7.40. The number of nitrogens with zero attached hydrogens (tertiary/aromatic N) is 2. The second-order valence-corrected chi connectivity index (χ2v) is 12.3. The molecule has 0 spiro atoms. The molecular formula is C42H67N3. The van der Waals surface area contributed by atoms with Crippen LogP contribution in [0.3, 0.4) is 0 Å². The Labute approximate surface area is 279 Å². The van der Waals surface area contributed by atoms with Crippen LogP contribution >= 0.6 is 0 Å². The molecule has 1 fully saturated rings. The highest BCUT2D eigenvalue weighted by atomic mass is 15.1. The molecule has 4 rings (SSSR count). The summed E-state index contributed by atoms with van der Waals surface area (Å²) in [5, 5.41) is 3.59. The molecule has 1 aliphatic heterocycles. The molecule has 0 saturated carbocycles. The van der Waals surface area contributed by atoms with E-state index in [0.29, 0.717) is 0 Å². The molecule has 250 valence electrons. The molecule has 3 aromatic carbocycles. The van der Waals surface area contributed by atoms with E-state index >= 15 is 0 Å². The number of rotatable bonds is 7. The highest BCUT2D eigenvalue weighted by Crippen LogP contribution is 2.30. The fourth-order valence-corrected chi connectivity index (χ4v) is 5.15. The molecule has 0 aliphatic carbocycles. The van der Waals surface area contributed by atoms with Gasteiger partial charge in [0.15, 0.2) is 0 Å². The predicted molar refractivity (Wildman–Crippen MR) is 206 cm³/mol. The summed E-state index contributed by atoms with van der Waals surface area (Å²) in [5.74, 6) is 0.740. The van der Waals surface area contributed by atoms with Gasteiger partial charge < -0.3 is 10.2 Å². The van der Waals surface area contributed by atoms with Gasteiger partial charge in [-0.25, -0.2) is 0 Å². The average molecular weight is 614 g/mol. The molecule has 0 amide bonds. The quantitative estimate of drug-likeness (QED) is 0.212. The Morgan fingerprint density at radius 2 is 1.42 bits per heavy atom. The summed E-state index contributed by atoms with van der Waals surface area (Å²) < 4.78 is 0. The fraction of sp³-hybridized carbons (Fsp3) is 0.500. The Morgan fingerprint density at radius 3 is 1.96 bits per heavy atom. The van der Waals surface area contributed by atoms with Crippen molar-refractivity contribution in [2.75, 3.05) is 25.0 Å². The van der Waals surface area contributed by atoms with Crippen molar-refractivity contribution >= 4 is 17.1 Å². The van der Waals surface area contributed by atoms with Gasteiger partial charge in [-0.3, -0.25) is 4.99 Å². The molecule has 1 saturated heterocycles. The van der Waals surface area contributed by atoms with E-state index in [2.05, 4.69) is 145 Å². The van der Waals surface area contributed by atoms with Crippen molar-refractivity contribution in [1.29, 1.82) is 0 Å². The summed E-state index contributed by atoms with van der Waals surface area (Å²) in [6, 6.07) is 23.9. The molecule has 0 unspecified atom stereocenters. The number of piperidine rings is 1. The number of hydrogen-bond acceptors (Lipinski definition) is 3. The highest BCUT2D eigenvalue weighted by Gasteiger charge is 2.20. The van der Waals surface area contributed by atoms with Gasteiger partial charge in [0, 0.05) is 16.9 Å². The standard InChI is InChI=1S/C19H32N2.C17H19N.2C2H6.C2H4/c1-5-6-12-21-13-10-16(11-14-21)17-8-7-9-18(15-17)20-19(2,3)4;1-12-5-8-16(9-6-12)15(4)18-17-10-7-13(2)11-14(17)3;3*1-2/h7-9,15-16,20H,5-6,10-14H2,1-4H3;5-11H,1-4H3;2*1-2H3;1-2H2. The lowest BCUT2D eigenvalue weighted by atomic mass is 9.89. The fourth-order valence-electron chi connectivity index (χ4n) is 5.15. The van der Waals surface area contributed by atoms with E-state index in [9.17, 15) is 0 Å². The van der Waals surface area contributed by atoms with Gasteiger partial charge in [0.25, 0.3) is 0 Å². The van der Waals surface area contributed by atoms with Crippen LogP contribution in [-0.2, 0) is 0 Å². The summed E-state index contributed by atoms with van der Waals surface area (Å²) in [4.78, 5) is 7.35. The molecule has 3 heteroatoms. The number of benzene rings is 3. The van der Waals surface area contributed by atoms with E-state index in [1.165, 1.54) is 78.8 Å². The molecule has 1 heterocycles. The van der Waals surface area contributed by atoms with Gasteiger partial charge in [-0.15, -0.1) is 13.2 Å². The maximum atomic E-state index is 4.72. The van der Waals surface area contributed by atoms with Crippen LogP contribution in [0, 0.1) is 20.8 Å². The number of hydrogen-bond donors (Lipinski definition) is 1. The van der Waals surface area contributed by atoms with Gasteiger partial charge in [0.05, 0.1) is 5.69 Å². The summed E-state index contributed by atoms with van der Waals surface area (Å²) in [6.07, 6.45) is 5.27. The largest absolute Gasteiger partial charge is 0.380 e. The van der Waals surface area contributed by atoms with Gasteiger partial charge in [-0.05, 0) is 128 Å². The second-order valence-electron chi connectivity index (χ2n) is 12.3. The second kappa shape index (κ2) is 23.2. The van der Waals surface area contributed by atoms with Crippen LogP contribution in [0.4, 0.5) is 11.4 Å². The van der Waals surface area contributed by atoms with Gasteiger partial charge in [0.2, 0.25) is 0 Å². The van der Waals surface area contributed by atoms with Crippen LogP contribution in [0.25, 0.3) is 0 Å². The van der Waals surface area contributed by atoms with Crippen molar-refractivity contribution in [1.82, 2.24) is 4.90 Å². The molecular weight excluding hydrogens is 546 g/mol. The molecule has 0 radical (unpaired) electrons. The first-order valence-electron chi connectivity index (χ1n) is 17.3. The number of unbranched alkanes of at least 4 members (excludes halogenated alkanes) is 1. The Hall–Kier alpha value is -3.17. The minimum Gasteiger partial charge on any atom is -0.380 e. The maximum Gasteiger partial charge on any atom is 0.0662 e. The highest BCUT2D eigenvalue weighted by molar-refractivity contribution is 6.00. The van der Waals surface area contributed by atoms with Crippen LogP contribution in [0.5, 0.6) is 0 Å². The molecule has 1 aliphatic rings. The number of likely N-dealkylation sites (tertiary alicyclic amines) is 1. The van der Waals surface area contributed by atoms with E-state index in [0.717, 1.165) is 17.3 Å². The summed E-state index contributed by atoms with van der Waals surface area (Å²) in [5.41, 5.74) is 9.97. The maximum absolute atomic E-state index is 4.72. The third kappa shape index (κ3) is 16.6. The van der Waals surface area contributed by atoms with Gasteiger partial charge in [-0.1, -0.05) is 101 Å². The zero-order valence-electron chi connectivity index (χ0n) is 31.2. The molecule has 0 aromatic heterocycles. The topological polar surface area (TPSA) is 27.6 Å². The van der Waals surface area contributed by atoms with Crippen molar-refractivity contribution in [3.63, 3.8) is 0 Å². The summed E-state index contributed by atoms with van der Waals surface area (Å²) in [6.45, 7) is 35.1. The lowest BCUT2D eigenvalue weighted by Gasteiger charge is -2.32. The van der Waals surface area contributed by atoms with Gasteiger partial charge in [0.1, 0.15) is 0 Å². The van der Waals surface area contributed by atoms with Crippen molar-refractivity contribution in [2.24, 2.45) is 4.99 Å². The minimum atomic E-state index is 0.127. The normalized spacial score (nSPS) is 13.4. The monoisotopic (exact) mass is 614 g/mol. The minimum absolute atomic E-state index is 0.127. The molecule has 0 atom stereocenters. The van der Waals surface area contributed by atoms with Gasteiger partial charge >= 0.3 is 0 Å². The Morgan fingerprint density at radius 1 is 0.844 bits per heavy atom. The van der Waals surface area contributed by atoms with E-state index in [-0.39, 0.29) is 5.54 Å². The van der Waals surface area contributed by atoms with Crippen molar-refractivity contribution in [3.8, 4) is 0 Å². The predicted octanol–water partition coefficient (Wildman–Crippen LogP) is 12.5. The molecule has 45 heavy (non-hydrogen) atoms. The first-order chi connectivity index (χ1) is 21.5. The first kappa shape index (κ1) is 41.8. The molecule has 1 N–H and O–H groups in total.